The molecule has 1 N–H and O–H groups in total. The molecule has 0 bridgehead atoms. The van der Waals surface area contributed by atoms with E-state index >= 15 is 0 Å². The Morgan fingerprint density at radius 1 is 1.00 bits per heavy atom. The van der Waals surface area contributed by atoms with Crippen molar-refractivity contribution in [3.05, 3.63) is 59.9 Å². The summed E-state index contributed by atoms with van der Waals surface area (Å²) in [6.07, 6.45) is 8.33. The van der Waals surface area contributed by atoms with Gasteiger partial charge in [0.15, 0.2) is 0 Å². The summed E-state index contributed by atoms with van der Waals surface area (Å²) in [6, 6.07) is 12.3. The van der Waals surface area contributed by atoms with Gasteiger partial charge in [0.2, 0.25) is 0 Å². The van der Waals surface area contributed by atoms with E-state index < -0.39 is 0 Å². The lowest BCUT2D eigenvalue weighted by atomic mass is 9.89. The summed E-state index contributed by atoms with van der Waals surface area (Å²) in [4.78, 5) is 25.4. The molecular weight excluding hydrogens is 348 g/mol. The van der Waals surface area contributed by atoms with E-state index in [1.807, 2.05) is 17.0 Å². The number of aromatic amines is 1. The Labute approximate surface area is 165 Å². The third-order valence-corrected chi connectivity index (χ3v) is 6.27. The maximum atomic E-state index is 13.2. The van der Waals surface area contributed by atoms with Crippen molar-refractivity contribution in [1.29, 1.82) is 0 Å². The van der Waals surface area contributed by atoms with Gasteiger partial charge in [-0.05, 0) is 55.4 Å². The van der Waals surface area contributed by atoms with Crippen molar-refractivity contribution in [3.8, 4) is 0 Å². The predicted molar refractivity (Wildman–Crippen MR) is 112 cm³/mol. The molecule has 1 aromatic carbocycles. The first-order valence-corrected chi connectivity index (χ1v) is 10.4. The van der Waals surface area contributed by atoms with Gasteiger partial charge in [-0.25, -0.2) is 4.98 Å². The van der Waals surface area contributed by atoms with E-state index in [2.05, 4.69) is 45.3 Å². The fraction of sp³-hybridized carbons (Fsp3) is 0.391. The first-order valence-electron chi connectivity index (χ1n) is 10.4. The van der Waals surface area contributed by atoms with Crippen LogP contribution in [-0.4, -0.2) is 47.0 Å². The predicted octanol–water partition coefficient (Wildman–Crippen LogP) is 4.18. The molecule has 28 heavy (non-hydrogen) atoms. The normalized spacial score (nSPS) is 18.1. The SMILES string of the molecule is O=C(c1cccnc1N1CCCC1)N1CCC(c2c[nH]c3ccccc23)CC1. The van der Waals surface area contributed by atoms with Crippen molar-refractivity contribution < 1.29 is 4.79 Å². The number of anilines is 1. The molecular formula is C23H26N4O. The number of para-hydroxylation sites is 1. The second-order valence-electron chi connectivity index (χ2n) is 7.92. The summed E-state index contributed by atoms with van der Waals surface area (Å²) in [5, 5.41) is 1.32. The standard InChI is InChI=1S/C23H26N4O/c28-23(19-7-5-11-24-22(19)26-12-3-4-13-26)27-14-9-17(10-15-27)20-16-25-21-8-2-1-6-18(20)21/h1-2,5-8,11,16-17,25H,3-4,9-10,12-15H2. The zero-order chi connectivity index (χ0) is 18.9. The maximum Gasteiger partial charge on any atom is 0.257 e. The fourth-order valence-electron chi connectivity index (χ4n) is 4.74. The summed E-state index contributed by atoms with van der Waals surface area (Å²) in [6.45, 7) is 3.61. The number of H-pyrrole nitrogens is 1. The van der Waals surface area contributed by atoms with E-state index in [0.29, 0.717) is 5.92 Å². The van der Waals surface area contributed by atoms with Crippen molar-refractivity contribution in [2.45, 2.75) is 31.6 Å². The minimum Gasteiger partial charge on any atom is -0.361 e. The highest BCUT2D eigenvalue weighted by atomic mass is 16.2. The molecule has 2 aromatic heterocycles. The van der Waals surface area contributed by atoms with Crippen LogP contribution in [0.4, 0.5) is 5.82 Å². The number of benzene rings is 1. The monoisotopic (exact) mass is 374 g/mol. The zero-order valence-electron chi connectivity index (χ0n) is 16.1. The molecule has 3 aromatic rings. The number of carbonyl (C=O) groups is 1. The molecule has 2 saturated heterocycles. The van der Waals surface area contributed by atoms with Crippen LogP contribution in [0.15, 0.2) is 48.8 Å². The molecule has 144 valence electrons. The largest absolute Gasteiger partial charge is 0.361 e. The van der Waals surface area contributed by atoms with Gasteiger partial charge in [-0.1, -0.05) is 18.2 Å². The molecule has 2 fully saturated rings. The number of rotatable bonds is 3. The smallest absolute Gasteiger partial charge is 0.257 e. The summed E-state index contributed by atoms with van der Waals surface area (Å²) < 4.78 is 0. The topological polar surface area (TPSA) is 52.2 Å². The fourth-order valence-corrected chi connectivity index (χ4v) is 4.74. The Kier molecular flexibility index (Phi) is 4.51. The van der Waals surface area contributed by atoms with Gasteiger partial charge < -0.3 is 14.8 Å². The molecule has 0 radical (unpaired) electrons. The quantitative estimate of drug-likeness (QED) is 0.748. The lowest BCUT2D eigenvalue weighted by Gasteiger charge is -2.33. The van der Waals surface area contributed by atoms with Gasteiger partial charge in [0.05, 0.1) is 5.56 Å². The first-order chi connectivity index (χ1) is 13.8. The molecule has 0 aliphatic carbocycles. The number of fused-ring (bicyclic) bond motifs is 1. The van der Waals surface area contributed by atoms with Crippen LogP contribution in [0.1, 0.15) is 47.5 Å². The Balaban J connectivity index is 1.31. The Hall–Kier alpha value is -2.82. The summed E-state index contributed by atoms with van der Waals surface area (Å²) >= 11 is 0. The Morgan fingerprint density at radius 2 is 1.79 bits per heavy atom. The van der Waals surface area contributed by atoms with Crippen LogP contribution in [0, 0.1) is 0 Å². The van der Waals surface area contributed by atoms with Crippen molar-refractivity contribution in [3.63, 3.8) is 0 Å². The number of carbonyl (C=O) groups excluding carboxylic acids is 1. The molecule has 0 unspecified atom stereocenters. The Morgan fingerprint density at radius 3 is 2.61 bits per heavy atom. The molecule has 0 saturated carbocycles. The average Bonchev–Trinajstić information content (AvgIpc) is 3.44. The summed E-state index contributed by atoms with van der Waals surface area (Å²) in [5.74, 6) is 1.50. The number of nitrogens with one attached hydrogen (secondary N) is 1. The van der Waals surface area contributed by atoms with Crippen LogP contribution in [0.5, 0.6) is 0 Å². The van der Waals surface area contributed by atoms with Gasteiger partial charge in [0.25, 0.3) is 5.91 Å². The van der Waals surface area contributed by atoms with Crippen molar-refractivity contribution in [2.75, 3.05) is 31.1 Å². The third kappa shape index (κ3) is 3.05. The number of amides is 1. The van der Waals surface area contributed by atoms with Crippen molar-refractivity contribution >= 4 is 22.6 Å². The highest BCUT2D eigenvalue weighted by Crippen LogP contribution is 2.34. The van der Waals surface area contributed by atoms with E-state index in [-0.39, 0.29) is 5.91 Å². The van der Waals surface area contributed by atoms with E-state index in [4.69, 9.17) is 0 Å². The van der Waals surface area contributed by atoms with Gasteiger partial charge in [-0.3, -0.25) is 4.79 Å². The van der Waals surface area contributed by atoms with Crippen LogP contribution in [-0.2, 0) is 0 Å². The zero-order valence-corrected chi connectivity index (χ0v) is 16.1. The number of nitrogens with zero attached hydrogens (tertiary/aromatic N) is 3. The minimum atomic E-state index is 0.132. The molecule has 5 nitrogen and oxygen atoms in total. The van der Waals surface area contributed by atoms with Gasteiger partial charge in [0, 0.05) is 49.5 Å². The van der Waals surface area contributed by atoms with E-state index in [0.717, 1.165) is 50.4 Å². The van der Waals surface area contributed by atoms with Crippen LogP contribution in [0.25, 0.3) is 10.9 Å². The molecule has 5 rings (SSSR count). The average molecular weight is 374 g/mol. The lowest BCUT2D eigenvalue weighted by molar-refractivity contribution is 0.0713. The van der Waals surface area contributed by atoms with E-state index in [9.17, 15) is 4.79 Å². The minimum absolute atomic E-state index is 0.132. The molecule has 1 amide bonds. The highest BCUT2D eigenvalue weighted by Gasteiger charge is 2.28. The van der Waals surface area contributed by atoms with E-state index in [1.54, 1.807) is 6.20 Å². The second kappa shape index (κ2) is 7.30. The van der Waals surface area contributed by atoms with Crippen LogP contribution in [0.2, 0.25) is 0 Å². The maximum absolute atomic E-state index is 13.2. The lowest BCUT2D eigenvalue weighted by Crippen LogP contribution is -2.38. The first kappa shape index (κ1) is 17.3. The van der Waals surface area contributed by atoms with Gasteiger partial charge >= 0.3 is 0 Å². The molecule has 0 atom stereocenters. The Bertz CT molecular complexity index is 981. The number of piperidine rings is 1. The summed E-state index contributed by atoms with van der Waals surface area (Å²) in [5.41, 5.74) is 3.35. The third-order valence-electron chi connectivity index (χ3n) is 6.27. The molecule has 2 aliphatic rings. The number of hydrogen-bond acceptors (Lipinski definition) is 3. The number of hydrogen-bond donors (Lipinski definition) is 1. The number of aromatic nitrogens is 2. The molecule has 0 spiro atoms. The summed E-state index contributed by atoms with van der Waals surface area (Å²) in [7, 11) is 0. The number of likely N-dealkylation sites (tertiary alicyclic amines) is 1. The molecule has 4 heterocycles. The van der Waals surface area contributed by atoms with Gasteiger partial charge in [-0.15, -0.1) is 0 Å². The van der Waals surface area contributed by atoms with Crippen LogP contribution in [0.3, 0.4) is 0 Å². The molecule has 2 aliphatic heterocycles. The number of pyridine rings is 1. The highest BCUT2D eigenvalue weighted by molar-refractivity contribution is 5.99. The van der Waals surface area contributed by atoms with Crippen LogP contribution >= 0.6 is 0 Å². The van der Waals surface area contributed by atoms with Crippen molar-refractivity contribution in [1.82, 2.24) is 14.9 Å². The molecule has 5 heteroatoms. The van der Waals surface area contributed by atoms with Crippen LogP contribution < -0.4 is 4.90 Å². The second-order valence-corrected chi connectivity index (χ2v) is 7.92. The van der Waals surface area contributed by atoms with E-state index in [1.165, 1.54) is 29.3 Å². The van der Waals surface area contributed by atoms with Gasteiger partial charge in [0.1, 0.15) is 5.82 Å². The van der Waals surface area contributed by atoms with Gasteiger partial charge in [-0.2, -0.15) is 0 Å². The van der Waals surface area contributed by atoms with Crippen molar-refractivity contribution in [2.24, 2.45) is 0 Å².